The highest BCUT2D eigenvalue weighted by molar-refractivity contribution is 7.88. The maximum atomic E-state index is 12.2. The lowest BCUT2D eigenvalue weighted by atomic mass is 9.97. The highest BCUT2D eigenvalue weighted by Gasteiger charge is 2.20. The van der Waals surface area contributed by atoms with E-state index in [1.54, 1.807) is 12.1 Å². The number of phenols is 1. The summed E-state index contributed by atoms with van der Waals surface area (Å²) in [6, 6.07) is 17.3. The van der Waals surface area contributed by atoms with Crippen LogP contribution in [0.25, 0.3) is 11.4 Å². The van der Waals surface area contributed by atoms with Crippen LogP contribution in [0.1, 0.15) is 58.9 Å². The highest BCUT2D eigenvalue weighted by atomic mass is 32.2. The molecule has 38 heavy (non-hydrogen) atoms. The second kappa shape index (κ2) is 11.5. The van der Waals surface area contributed by atoms with Gasteiger partial charge in [0, 0.05) is 11.1 Å². The lowest BCUT2D eigenvalue weighted by Crippen LogP contribution is -2.28. The maximum absolute atomic E-state index is 12.2. The fraction of sp³-hybridized carbons (Fsp3) is 0.259. The number of hydrogen-bond donors (Lipinski definition) is 3. The Morgan fingerprint density at radius 1 is 1.11 bits per heavy atom. The molecule has 0 saturated heterocycles. The molecule has 1 atom stereocenters. The van der Waals surface area contributed by atoms with E-state index in [1.807, 2.05) is 55.5 Å². The minimum Gasteiger partial charge on any atom is -0.507 e. The second-order valence-corrected chi connectivity index (χ2v) is 10.8. The van der Waals surface area contributed by atoms with Gasteiger partial charge in [-0.3, -0.25) is 4.79 Å². The van der Waals surface area contributed by atoms with Crippen LogP contribution in [-0.4, -0.2) is 46.2 Å². The minimum atomic E-state index is -3.54. The summed E-state index contributed by atoms with van der Waals surface area (Å²) in [5.74, 6) is 0.753. The van der Waals surface area contributed by atoms with Crippen molar-refractivity contribution in [3.63, 3.8) is 0 Å². The van der Waals surface area contributed by atoms with Crippen molar-refractivity contribution in [3.8, 4) is 22.9 Å². The number of nitrogens with one attached hydrogen (secondary N) is 2. The third kappa shape index (κ3) is 6.42. The smallest absolute Gasteiger partial charge is 0.209 e. The van der Waals surface area contributed by atoms with Gasteiger partial charge >= 0.3 is 0 Å². The molecule has 4 rings (SSSR count). The molecule has 10 nitrogen and oxygen atoms in total. The summed E-state index contributed by atoms with van der Waals surface area (Å²) < 4.78 is 33.1. The number of ketones is 1. The molecule has 0 bridgehead atoms. The van der Waals surface area contributed by atoms with Crippen LogP contribution in [0.2, 0.25) is 0 Å². The van der Waals surface area contributed by atoms with Gasteiger partial charge in [0.2, 0.25) is 10.0 Å². The van der Waals surface area contributed by atoms with Crippen LogP contribution >= 0.6 is 0 Å². The van der Waals surface area contributed by atoms with E-state index in [2.05, 4.69) is 25.3 Å². The molecular weight excluding hydrogens is 506 g/mol. The molecule has 1 heterocycles. The van der Waals surface area contributed by atoms with Crippen molar-refractivity contribution in [1.29, 1.82) is 0 Å². The number of ether oxygens (including phenoxy) is 1. The number of benzene rings is 3. The molecule has 0 aliphatic carbocycles. The van der Waals surface area contributed by atoms with E-state index in [4.69, 9.17) is 4.74 Å². The number of hydrogen-bond acceptors (Lipinski definition) is 8. The quantitative estimate of drug-likeness (QED) is 0.245. The van der Waals surface area contributed by atoms with Crippen molar-refractivity contribution >= 4 is 15.8 Å². The number of nitrogens with zero attached hydrogens (tertiary/aromatic N) is 3. The first-order valence-electron chi connectivity index (χ1n) is 12.0. The number of aromatic nitrogens is 4. The van der Waals surface area contributed by atoms with Gasteiger partial charge < -0.3 is 9.84 Å². The van der Waals surface area contributed by atoms with Crippen molar-refractivity contribution < 1.29 is 23.1 Å². The fourth-order valence-electron chi connectivity index (χ4n) is 4.19. The van der Waals surface area contributed by atoms with Gasteiger partial charge in [0.25, 0.3) is 0 Å². The number of rotatable bonds is 11. The number of carbonyl (C=O) groups excluding carboxylic acids is 1. The van der Waals surface area contributed by atoms with E-state index in [-0.39, 0.29) is 23.7 Å². The Kier molecular flexibility index (Phi) is 8.18. The lowest BCUT2D eigenvalue weighted by molar-refractivity contribution is 0.101. The number of aromatic hydroxyl groups is 1. The number of Topliss-reactive ketones (excluding diaryl/α,β-unsaturated/α-hetero) is 1. The summed E-state index contributed by atoms with van der Waals surface area (Å²) in [5, 5.41) is 24.4. The van der Waals surface area contributed by atoms with E-state index >= 15 is 0 Å². The van der Waals surface area contributed by atoms with E-state index in [1.165, 1.54) is 6.92 Å². The molecule has 1 unspecified atom stereocenters. The number of H-pyrrole nitrogens is 1. The van der Waals surface area contributed by atoms with E-state index in [0.717, 1.165) is 34.9 Å². The normalized spacial score (nSPS) is 12.3. The Morgan fingerprint density at radius 2 is 1.87 bits per heavy atom. The van der Waals surface area contributed by atoms with Crippen molar-refractivity contribution in [2.75, 3.05) is 6.26 Å². The minimum absolute atomic E-state index is 0.0368. The summed E-state index contributed by atoms with van der Waals surface area (Å²) in [7, 11) is -3.54. The molecule has 0 aliphatic heterocycles. The Morgan fingerprint density at radius 3 is 2.50 bits per heavy atom. The zero-order chi connectivity index (χ0) is 27.3. The number of phenolic OH excluding ortho intramolecular Hbond substituents is 1. The van der Waals surface area contributed by atoms with Gasteiger partial charge in [-0.2, -0.15) is 0 Å². The monoisotopic (exact) mass is 535 g/mol. The zero-order valence-corrected chi connectivity index (χ0v) is 22.1. The Labute approximate surface area is 221 Å². The lowest BCUT2D eigenvalue weighted by Gasteiger charge is -2.20. The van der Waals surface area contributed by atoms with Crippen molar-refractivity contribution in [3.05, 3.63) is 88.5 Å². The SMILES string of the molecule is CCCc1c(OCc2ccc(C(NS(C)(=O)=O)c3cccc(-c4nnn[nH]4)c3)cc2)ccc(C(C)=O)c1O. The van der Waals surface area contributed by atoms with Gasteiger partial charge in [-0.1, -0.05) is 55.8 Å². The first-order valence-corrected chi connectivity index (χ1v) is 13.9. The molecule has 0 aliphatic rings. The summed E-state index contributed by atoms with van der Waals surface area (Å²) >= 11 is 0. The molecular formula is C27H29N5O5S. The predicted molar refractivity (Wildman–Crippen MR) is 142 cm³/mol. The van der Waals surface area contributed by atoms with Crippen LogP contribution in [0.4, 0.5) is 0 Å². The Bertz CT molecular complexity index is 1520. The molecule has 0 amide bonds. The van der Waals surface area contributed by atoms with E-state index < -0.39 is 16.1 Å². The summed E-state index contributed by atoms with van der Waals surface area (Å²) in [6.45, 7) is 3.63. The third-order valence-corrected chi connectivity index (χ3v) is 6.66. The Balaban J connectivity index is 1.57. The van der Waals surface area contributed by atoms with Gasteiger partial charge in [0.15, 0.2) is 11.6 Å². The van der Waals surface area contributed by atoms with Gasteiger partial charge in [0.05, 0.1) is 17.9 Å². The van der Waals surface area contributed by atoms with Gasteiger partial charge in [-0.05, 0) is 58.7 Å². The standard InChI is InChI=1S/C27H29N5O5S/c1-4-6-23-24(14-13-22(17(2)33)26(23)34)37-16-18-9-11-19(12-10-18)25(30-38(3,35)36)20-7-5-8-21(15-20)27-28-31-32-29-27/h5,7-15,25,30,34H,4,6,16H2,1-3H3,(H,28,29,31,32). The van der Waals surface area contributed by atoms with Crippen molar-refractivity contribution in [2.45, 2.75) is 39.3 Å². The maximum Gasteiger partial charge on any atom is 0.209 e. The highest BCUT2D eigenvalue weighted by Crippen LogP contribution is 2.33. The fourth-order valence-corrected chi connectivity index (χ4v) is 4.89. The topological polar surface area (TPSA) is 147 Å². The van der Waals surface area contributed by atoms with Crippen LogP contribution < -0.4 is 9.46 Å². The van der Waals surface area contributed by atoms with Crippen molar-refractivity contribution in [1.82, 2.24) is 25.3 Å². The molecule has 198 valence electrons. The van der Waals surface area contributed by atoms with Gasteiger partial charge in [0.1, 0.15) is 18.1 Å². The van der Waals surface area contributed by atoms with Crippen LogP contribution in [0.5, 0.6) is 11.5 Å². The number of aromatic amines is 1. The first kappa shape index (κ1) is 27.0. The molecule has 3 aromatic carbocycles. The molecule has 11 heteroatoms. The molecule has 4 aromatic rings. The van der Waals surface area contributed by atoms with E-state index in [9.17, 15) is 18.3 Å². The number of tetrazole rings is 1. The number of carbonyl (C=O) groups is 1. The van der Waals surface area contributed by atoms with Crippen molar-refractivity contribution in [2.24, 2.45) is 0 Å². The van der Waals surface area contributed by atoms with Gasteiger partial charge in [-0.15, -0.1) is 5.10 Å². The van der Waals surface area contributed by atoms with Gasteiger partial charge in [-0.25, -0.2) is 18.2 Å². The summed E-state index contributed by atoms with van der Waals surface area (Å²) in [5.41, 5.74) is 3.92. The molecule has 0 saturated carbocycles. The third-order valence-electron chi connectivity index (χ3n) is 6.00. The first-order chi connectivity index (χ1) is 18.2. The summed E-state index contributed by atoms with van der Waals surface area (Å²) in [4.78, 5) is 11.8. The summed E-state index contributed by atoms with van der Waals surface area (Å²) in [6.07, 6.45) is 2.47. The van der Waals surface area contributed by atoms with Crippen LogP contribution in [-0.2, 0) is 23.1 Å². The second-order valence-electron chi connectivity index (χ2n) is 8.97. The van der Waals surface area contributed by atoms with E-state index in [0.29, 0.717) is 23.6 Å². The number of sulfonamides is 1. The Hall–Kier alpha value is -4.09. The molecule has 3 N–H and O–H groups in total. The average Bonchev–Trinajstić information content (AvgIpc) is 3.43. The molecule has 0 spiro atoms. The molecule has 0 fully saturated rings. The predicted octanol–water partition coefficient (Wildman–Crippen LogP) is 3.95. The van der Waals surface area contributed by atoms with Crippen LogP contribution in [0.3, 0.4) is 0 Å². The van der Waals surface area contributed by atoms with Crippen LogP contribution in [0.15, 0.2) is 60.7 Å². The van der Waals surface area contributed by atoms with Crippen LogP contribution in [0, 0.1) is 0 Å². The zero-order valence-electron chi connectivity index (χ0n) is 21.3. The average molecular weight is 536 g/mol. The molecule has 1 aromatic heterocycles. The largest absolute Gasteiger partial charge is 0.507 e. The molecule has 0 radical (unpaired) electrons.